The van der Waals surface area contributed by atoms with E-state index < -0.39 is 0 Å². The molecule has 0 fully saturated rings. The van der Waals surface area contributed by atoms with E-state index in [2.05, 4.69) is 86.6 Å². The average Bonchev–Trinajstić information content (AvgIpc) is 3.51. The van der Waals surface area contributed by atoms with Gasteiger partial charge in [0.1, 0.15) is 18.1 Å². The predicted molar refractivity (Wildman–Crippen MR) is 163 cm³/mol. The molecule has 5 aromatic rings. The minimum Gasteiger partial charge on any atom is -0.485 e. The van der Waals surface area contributed by atoms with Gasteiger partial charge in [-0.15, -0.1) is 11.3 Å². The predicted octanol–water partition coefficient (Wildman–Crippen LogP) is 8.67. The van der Waals surface area contributed by atoms with Gasteiger partial charge >= 0.3 is 0 Å². The quantitative estimate of drug-likeness (QED) is 0.213. The highest BCUT2D eigenvalue weighted by molar-refractivity contribution is 7.16. The summed E-state index contributed by atoms with van der Waals surface area (Å²) in [7, 11) is 0. The lowest BCUT2D eigenvalue weighted by Gasteiger charge is -2.34. The van der Waals surface area contributed by atoms with Crippen LogP contribution in [0.5, 0.6) is 5.75 Å². The molecule has 0 radical (unpaired) electrons. The Labute approximate surface area is 235 Å². The number of thiophene rings is 1. The van der Waals surface area contributed by atoms with Gasteiger partial charge in [0, 0.05) is 17.3 Å². The minimum absolute atomic E-state index is 0.156. The van der Waals surface area contributed by atoms with Gasteiger partial charge in [0.2, 0.25) is 0 Å². The largest absolute Gasteiger partial charge is 0.485 e. The molecule has 0 spiro atoms. The van der Waals surface area contributed by atoms with Gasteiger partial charge < -0.3 is 10.1 Å². The fourth-order valence-electron chi connectivity index (χ4n) is 5.06. The summed E-state index contributed by atoms with van der Waals surface area (Å²) >= 11 is 1.66. The van der Waals surface area contributed by atoms with E-state index in [1.54, 1.807) is 11.3 Å². The number of nitrogens with zero attached hydrogens (tertiary/aromatic N) is 2. The Bertz CT molecular complexity index is 1610. The van der Waals surface area contributed by atoms with Gasteiger partial charge in [-0.25, -0.2) is 4.98 Å². The summed E-state index contributed by atoms with van der Waals surface area (Å²) in [6.45, 7) is 11.8. The van der Waals surface area contributed by atoms with Gasteiger partial charge in [-0.1, -0.05) is 81.1 Å². The molecule has 4 nitrogen and oxygen atoms in total. The number of imidazole rings is 1. The third-order valence-electron chi connectivity index (χ3n) is 6.22. The minimum atomic E-state index is -0.156. The molecule has 2 aromatic carbocycles. The van der Waals surface area contributed by atoms with Gasteiger partial charge in [-0.3, -0.25) is 4.40 Å². The van der Waals surface area contributed by atoms with Crippen LogP contribution in [0.3, 0.4) is 0 Å². The van der Waals surface area contributed by atoms with Crippen LogP contribution >= 0.6 is 11.3 Å². The third kappa shape index (κ3) is 6.71. The van der Waals surface area contributed by atoms with Gasteiger partial charge in [-0.2, -0.15) is 0 Å². The van der Waals surface area contributed by atoms with Crippen LogP contribution in [0.2, 0.25) is 0 Å². The molecule has 0 bridgehead atoms. The summed E-state index contributed by atoms with van der Waals surface area (Å²) in [6, 6.07) is 28.5. The number of anilines is 1. The smallest absolute Gasteiger partial charge is 0.182 e. The number of fused-ring (bicyclic) bond motifs is 1. The highest BCUT2D eigenvalue weighted by Crippen LogP contribution is 2.39. The van der Waals surface area contributed by atoms with E-state index in [1.807, 2.05) is 60.7 Å². The molecule has 5 heteroatoms. The highest BCUT2D eigenvalue weighted by Gasteiger charge is 2.29. The summed E-state index contributed by atoms with van der Waals surface area (Å²) in [4.78, 5) is 7.22. The van der Waals surface area contributed by atoms with E-state index in [0.29, 0.717) is 6.61 Å². The van der Waals surface area contributed by atoms with Gasteiger partial charge in [0.15, 0.2) is 11.4 Å². The summed E-state index contributed by atoms with van der Waals surface area (Å²) < 4.78 is 8.40. The average molecular weight is 534 g/mol. The Hall–Kier alpha value is -4.01. The Morgan fingerprint density at radius 1 is 0.846 bits per heavy atom. The Kier molecular flexibility index (Phi) is 7.50. The number of aromatic nitrogens is 2. The van der Waals surface area contributed by atoms with E-state index in [9.17, 15) is 0 Å². The number of nitrogens with one attached hydrogen (secondary N) is 1. The van der Waals surface area contributed by atoms with E-state index in [-0.39, 0.29) is 11.0 Å². The van der Waals surface area contributed by atoms with Crippen molar-refractivity contribution in [3.05, 3.63) is 107 Å². The van der Waals surface area contributed by atoms with Crippen molar-refractivity contribution in [2.24, 2.45) is 5.41 Å². The molecule has 0 aliphatic carbocycles. The van der Waals surface area contributed by atoms with Crippen molar-refractivity contribution >= 4 is 22.8 Å². The number of benzene rings is 2. The van der Waals surface area contributed by atoms with E-state index in [4.69, 9.17) is 9.72 Å². The molecule has 0 saturated carbocycles. The van der Waals surface area contributed by atoms with Crippen LogP contribution in [0.1, 0.15) is 57.0 Å². The lowest BCUT2D eigenvalue weighted by atomic mass is 9.82. The van der Waals surface area contributed by atoms with E-state index in [0.717, 1.165) is 50.2 Å². The molecule has 0 unspecified atom stereocenters. The van der Waals surface area contributed by atoms with Crippen LogP contribution in [-0.2, 0) is 6.61 Å². The molecule has 0 atom stereocenters. The SMILES string of the molecule is CC(C)(C)CC(C)(C)Nc1c(-c2ccc(C#Cc3ccccc3)s2)nc2c(OCc3ccccc3)cccn12. The highest BCUT2D eigenvalue weighted by atomic mass is 32.1. The summed E-state index contributed by atoms with van der Waals surface area (Å²) in [5, 5.41) is 3.85. The molecule has 39 heavy (non-hydrogen) atoms. The fraction of sp³-hybridized carbons (Fsp3) is 0.265. The zero-order valence-corrected chi connectivity index (χ0v) is 24.1. The lowest BCUT2D eigenvalue weighted by Crippen LogP contribution is -2.36. The van der Waals surface area contributed by atoms with Crippen molar-refractivity contribution < 1.29 is 4.74 Å². The van der Waals surface area contributed by atoms with Crippen molar-refractivity contribution in [2.45, 2.75) is 53.2 Å². The molecular weight excluding hydrogens is 498 g/mol. The second-order valence-electron chi connectivity index (χ2n) is 11.7. The second kappa shape index (κ2) is 11.0. The van der Waals surface area contributed by atoms with Crippen molar-refractivity contribution in [1.82, 2.24) is 9.38 Å². The lowest BCUT2D eigenvalue weighted by molar-refractivity contribution is 0.301. The molecule has 5 rings (SSSR count). The van der Waals surface area contributed by atoms with E-state index >= 15 is 0 Å². The molecule has 0 saturated heterocycles. The molecule has 3 aromatic heterocycles. The van der Waals surface area contributed by atoms with Crippen molar-refractivity contribution in [3.8, 4) is 28.2 Å². The third-order valence-corrected chi connectivity index (χ3v) is 7.23. The zero-order chi connectivity index (χ0) is 27.5. The summed E-state index contributed by atoms with van der Waals surface area (Å²) in [5.41, 5.74) is 3.84. The van der Waals surface area contributed by atoms with Crippen LogP contribution in [0.15, 0.2) is 91.1 Å². The van der Waals surface area contributed by atoms with Gasteiger partial charge in [0.25, 0.3) is 0 Å². The zero-order valence-electron chi connectivity index (χ0n) is 23.3. The van der Waals surface area contributed by atoms with Gasteiger partial charge in [-0.05, 0) is 67.6 Å². The number of rotatable bonds is 7. The molecule has 1 N–H and O–H groups in total. The maximum atomic E-state index is 6.28. The first-order valence-electron chi connectivity index (χ1n) is 13.3. The van der Waals surface area contributed by atoms with Crippen LogP contribution in [0.4, 0.5) is 5.82 Å². The maximum absolute atomic E-state index is 6.28. The fourth-order valence-corrected chi connectivity index (χ4v) is 5.91. The first kappa shape index (κ1) is 26.6. The topological polar surface area (TPSA) is 38.6 Å². The monoisotopic (exact) mass is 533 g/mol. The first-order valence-corrected chi connectivity index (χ1v) is 14.1. The molecule has 0 aliphatic heterocycles. The summed E-state index contributed by atoms with van der Waals surface area (Å²) in [5.74, 6) is 8.31. The standard InChI is InChI=1S/C34H35N3OS/c1-33(2,3)24-34(4,5)36-32-30(29-21-20-27(39-29)19-18-25-13-8-6-9-14-25)35-31-28(17-12-22-37(31)32)38-23-26-15-10-7-11-16-26/h6-17,20-22,36H,23-24H2,1-5H3. The van der Waals surface area contributed by atoms with Crippen molar-refractivity contribution in [1.29, 1.82) is 0 Å². The molecule has 0 amide bonds. The molecule has 198 valence electrons. The number of ether oxygens (including phenoxy) is 1. The maximum Gasteiger partial charge on any atom is 0.182 e. The Balaban J connectivity index is 1.54. The normalized spacial score (nSPS) is 11.7. The van der Waals surface area contributed by atoms with Crippen LogP contribution in [0, 0.1) is 17.3 Å². The molecular formula is C34H35N3OS. The van der Waals surface area contributed by atoms with Crippen molar-refractivity contribution in [2.75, 3.05) is 5.32 Å². The summed E-state index contributed by atoms with van der Waals surface area (Å²) in [6.07, 6.45) is 3.05. The van der Waals surface area contributed by atoms with Crippen molar-refractivity contribution in [3.63, 3.8) is 0 Å². The second-order valence-corrected chi connectivity index (χ2v) is 12.8. The van der Waals surface area contributed by atoms with Gasteiger partial charge in [0.05, 0.1) is 9.75 Å². The molecule has 3 heterocycles. The Morgan fingerprint density at radius 2 is 1.56 bits per heavy atom. The van der Waals surface area contributed by atoms with Crippen LogP contribution < -0.4 is 10.1 Å². The van der Waals surface area contributed by atoms with E-state index in [1.165, 1.54) is 0 Å². The Morgan fingerprint density at radius 3 is 2.28 bits per heavy atom. The van der Waals surface area contributed by atoms with Crippen LogP contribution in [0.25, 0.3) is 16.2 Å². The number of pyridine rings is 1. The van der Waals surface area contributed by atoms with Crippen LogP contribution in [-0.4, -0.2) is 14.9 Å². The molecule has 0 aliphatic rings. The first-order chi connectivity index (χ1) is 18.7. The number of hydrogen-bond acceptors (Lipinski definition) is 4. The number of hydrogen-bond donors (Lipinski definition) is 1.